The van der Waals surface area contributed by atoms with Gasteiger partial charge in [-0.3, -0.25) is 4.79 Å². The summed E-state index contributed by atoms with van der Waals surface area (Å²) in [4.78, 5) is 12.3. The average molecular weight is 269 g/mol. The zero-order chi connectivity index (χ0) is 12.6. The van der Waals surface area contributed by atoms with Gasteiger partial charge >= 0.3 is 0 Å². The van der Waals surface area contributed by atoms with Gasteiger partial charge in [0.25, 0.3) is 5.91 Å². The summed E-state index contributed by atoms with van der Waals surface area (Å²) in [5.74, 6) is 0.00382. The minimum Gasteiger partial charge on any atom is -0.379 e. The molecule has 1 saturated heterocycles. The molecule has 1 atom stereocenters. The quantitative estimate of drug-likeness (QED) is 0.771. The van der Waals surface area contributed by atoms with E-state index in [1.54, 1.807) is 0 Å². The third kappa shape index (κ3) is 4.40. The van der Waals surface area contributed by atoms with Crippen LogP contribution in [0.2, 0.25) is 0 Å². The van der Waals surface area contributed by atoms with Gasteiger partial charge in [-0.1, -0.05) is 6.07 Å². The standard InChI is InChI=1S/C13H19NO3S/c15-13(12-5-2-9-18-12)14-6-3-7-16-10-11-4-1-8-17-11/h2,5,9,11H,1,3-4,6-8,10H2,(H,14,15). The summed E-state index contributed by atoms with van der Waals surface area (Å²) in [5, 5.41) is 4.78. The molecule has 0 bridgehead atoms. The van der Waals surface area contributed by atoms with E-state index in [0.29, 0.717) is 19.8 Å². The van der Waals surface area contributed by atoms with Gasteiger partial charge in [0.05, 0.1) is 17.6 Å². The summed E-state index contributed by atoms with van der Waals surface area (Å²) in [6, 6.07) is 3.71. The number of nitrogens with one attached hydrogen (secondary N) is 1. The molecule has 0 saturated carbocycles. The van der Waals surface area contributed by atoms with Crippen LogP contribution >= 0.6 is 11.3 Å². The van der Waals surface area contributed by atoms with Crippen molar-refractivity contribution in [1.82, 2.24) is 5.32 Å². The maximum Gasteiger partial charge on any atom is 0.261 e. The van der Waals surface area contributed by atoms with Crippen molar-refractivity contribution in [2.24, 2.45) is 0 Å². The van der Waals surface area contributed by atoms with Gasteiger partial charge in [-0.15, -0.1) is 11.3 Å². The molecule has 1 amide bonds. The SMILES string of the molecule is O=C(NCCCOCC1CCCO1)c1cccs1. The second kappa shape index (κ2) is 7.51. The van der Waals surface area contributed by atoms with Crippen LogP contribution in [0.15, 0.2) is 17.5 Å². The van der Waals surface area contributed by atoms with Gasteiger partial charge in [0.2, 0.25) is 0 Å². The molecule has 0 radical (unpaired) electrons. The topological polar surface area (TPSA) is 47.6 Å². The van der Waals surface area contributed by atoms with Crippen LogP contribution in [0.5, 0.6) is 0 Å². The van der Waals surface area contributed by atoms with E-state index in [9.17, 15) is 4.79 Å². The van der Waals surface area contributed by atoms with E-state index < -0.39 is 0 Å². The van der Waals surface area contributed by atoms with E-state index in [1.807, 2.05) is 17.5 Å². The fraction of sp³-hybridized carbons (Fsp3) is 0.615. The van der Waals surface area contributed by atoms with Crippen LogP contribution in [0.25, 0.3) is 0 Å². The molecule has 0 spiro atoms. The molecule has 1 aliphatic heterocycles. The highest BCUT2D eigenvalue weighted by molar-refractivity contribution is 7.12. The Morgan fingerprint density at radius 3 is 3.28 bits per heavy atom. The molecule has 1 fully saturated rings. The largest absolute Gasteiger partial charge is 0.379 e. The second-order valence-electron chi connectivity index (χ2n) is 4.30. The summed E-state index contributed by atoms with van der Waals surface area (Å²) in [6.45, 7) is 2.87. The fourth-order valence-electron chi connectivity index (χ4n) is 1.86. The number of carbonyl (C=O) groups excluding carboxylic acids is 1. The lowest BCUT2D eigenvalue weighted by Crippen LogP contribution is -2.25. The molecular weight excluding hydrogens is 250 g/mol. The number of ether oxygens (including phenoxy) is 2. The molecule has 1 N–H and O–H groups in total. The molecule has 2 rings (SSSR count). The molecule has 2 heterocycles. The van der Waals surface area contributed by atoms with Gasteiger partial charge in [0, 0.05) is 19.8 Å². The molecule has 1 unspecified atom stereocenters. The van der Waals surface area contributed by atoms with Crippen LogP contribution in [0, 0.1) is 0 Å². The van der Waals surface area contributed by atoms with Crippen LogP contribution in [0.3, 0.4) is 0 Å². The van der Waals surface area contributed by atoms with Crippen molar-refractivity contribution >= 4 is 17.2 Å². The highest BCUT2D eigenvalue weighted by atomic mass is 32.1. The van der Waals surface area contributed by atoms with E-state index in [1.165, 1.54) is 11.3 Å². The van der Waals surface area contributed by atoms with E-state index in [0.717, 1.165) is 30.7 Å². The molecule has 100 valence electrons. The molecule has 0 aliphatic carbocycles. The predicted molar refractivity (Wildman–Crippen MR) is 71.1 cm³/mol. The molecule has 18 heavy (non-hydrogen) atoms. The van der Waals surface area contributed by atoms with Crippen molar-refractivity contribution in [3.05, 3.63) is 22.4 Å². The van der Waals surface area contributed by atoms with Crippen LogP contribution in [-0.4, -0.2) is 38.4 Å². The smallest absolute Gasteiger partial charge is 0.261 e. The Morgan fingerprint density at radius 1 is 1.61 bits per heavy atom. The summed E-state index contributed by atoms with van der Waals surface area (Å²) in [5.41, 5.74) is 0. The Morgan fingerprint density at radius 2 is 2.56 bits per heavy atom. The van der Waals surface area contributed by atoms with Crippen LogP contribution in [-0.2, 0) is 9.47 Å². The minimum atomic E-state index is 0.00382. The monoisotopic (exact) mass is 269 g/mol. The van der Waals surface area contributed by atoms with Crippen molar-refractivity contribution in [2.75, 3.05) is 26.4 Å². The summed E-state index contributed by atoms with van der Waals surface area (Å²) in [6.07, 6.45) is 3.37. The number of thiophene rings is 1. The summed E-state index contributed by atoms with van der Waals surface area (Å²) < 4.78 is 11.0. The van der Waals surface area contributed by atoms with Gasteiger partial charge in [0.1, 0.15) is 0 Å². The van der Waals surface area contributed by atoms with Gasteiger partial charge in [-0.05, 0) is 30.7 Å². The first-order chi connectivity index (χ1) is 8.86. The normalized spacial score (nSPS) is 19.0. The molecule has 1 aliphatic rings. The van der Waals surface area contributed by atoms with Gasteiger partial charge in [-0.25, -0.2) is 0 Å². The number of hydrogen-bond acceptors (Lipinski definition) is 4. The van der Waals surface area contributed by atoms with Crippen LogP contribution in [0.4, 0.5) is 0 Å². The molecule has 5 heteroatoms. The lowest BCUT2D eigenvalue weighted by atomic mass is 10.2. The van der Waals surface area contributed by atoms with E-state index in [4.69, 9.17) is 9.47 Å². The third-order valence-corrected chi connectivity index (χ3v) is 3.69. The highest BCUT2D eigenvalue weighted by Gasteiger charge is 2.14. The maximum absolute atomic E-state index is 11.6. The summed E-state index contributed by atoms with van der Waals surface area (Å²) in [7, 11) is 0. The molecule has 4 nitrogen and oxygen atoms in total. The Labute approximate surface area is 111 Å². The van der Waals surface area contributed by atoms with Crippen LogP contribution in [0.1, 0.15) is 28.9 Å². The van der Waals surface area contributed by atoms with Crippen molar-refractivity contribution in [2.45, 2.75) is 25.4 Å². The zero-order valence-electron chi connectivity index (χ0n) is 10.4. The Hall–Kier alpha value is -0.910. The van der Waals surface area contributed by atoms with Gasteiger partial charge < -0.3 is 14.8 Å². The minimum absolute atomic E-state index is 0.00382. The zero-order valence-corrected chi connectivity index (χ0v) is 11.2. The first kappa shape index (κ1) is 13.5. The Balaban J connectivity index is 1.47. The Bertz CT molecular complexity index is 347. The van der Waals surface area contributed by atoms with Crippen molar-refractivity contribution in [3.8, 4) is 0 Å². The molecule has 0 aromatic carbocycles. The maximum atomic E-state index is 11.6. The van der Waals surface area contributed by atoms with Crippen LogP contribution < -0.4 is 5.32 Å². The van der Waals surface area contributed by atoms with Gasteiger partial charge in [0.15, 0.2) is 0 Å². The second-order valence-corrected chi connectivity index (χ2v) is 5.24. The van der Waals surface area contributed by atoms with Crippen molar-refractivity contribution in [3.63, 3.8) is 0 Å². The number of rotatable bonds is 7. The Kier molecular flexibility index (Phi) is 5.64. The lowest BCUT2D eigenvalue weighted by Gasteiger charge is -2.10. The van der Waals surface area contributed by atoms with Gasteiger partial charge in [-0.2, -0.15) is 0 Å². The average Bonchev–Trinajstić information content (AvgIpc) is 3.05. The first-order valence-electron chi connectivity index (χ1n) is 6.37. The lowest BCUT2D eigenvalue weighted by molar-refractivity contribution is 0.0166. The van der Waals surface area contributed by atoms with E-state index in [-0.39, 0.29) is 12.0 Å². The van der Waals surface area contributed by atoms with Crippen molar-refractivity contribution < 1.29 is 14.3 Å². The highest BCUT2D eigenvalue weighted by Crippen LogP contribution is 2.11. The molecule has 1 aromatic heterocycles. The number of carbonyl (C=O) groups is 1. The fourth-order valence-corrected chi connectivity index (χ4v) is 2.50. The molecular formula is C13H19NO3S. The first-order valence-corrected chi connectivity index (χ1v) is 7.25. The van der Waals surface area contributed by atoms with E-state index in [2.05, 4.69) is 5.32 Å². The number of hydrogen-bond donors (Lipinski definition) is 1. The third-order valence-electron chi connectivity index (χ3n) is 2.82. The van der Waals surface area contributed by atoms with Crippen molar-refractivity contribution in [1.29, 1.82) is 0 Å². The summed E-state index contributed by atoms with van der Waals surface area (Å²) >= 11 is 1.46. The predicted octanol–water partition coefficient (Wildman–Crippen LogP) is 2.06. The number of amides is 1. The molecule has 1 aromatic rings. The van der Waals surface area contributed by atoms with E-state index >= 15 is 0 Å².